The molecule has 7 heteroatoms. The molecule has 0 N–H and O–H groups in total. The first-order valence-electron chi connectivity index (χ1n) is 9.52. The Morgan fingerprint density at radius 2 is 1.68 bits per heavy atom. The molecule has 0 amide bonds. The molecule has 28 heavy (non-hydrogen) atoms. The lowest BCUT2D eigenvalue weighted by Crippen LogP contribution is -2.40. The van der Waals surface area contributed by atoms with Crippen LogP contribution in [-0.2, 0) is 20.1 Å². The van der Waals surface area contributed by atoms with E-state index in [1.54, 1.807) is 7.05 Å². The Balaban J connectivity index is 2.06. The summed E-state index contributed by atoms with van der Waals surface area (Å²) in [5.41, 5.74) is 3.45. The summed E-state index contributed by atoms with van der Waals surface area (Å²) in [7, 11) is 1.68. The minimum absolute atomic E-state index is 0.191. The zero-order valence-corrected chi connectivity index (χ0v) is 16.9. The normalized spacial score (nSPS) is 11.9. The van der Waals surface area contributed by atoms with E-state index in [0.717, 1.165) is 17.0 Å². The Labute approximate surface area is 162 Å². The fourth-order valence-corrected chi connectivity index (χ4v) is 3.80. The average Bonchev–Trinajstić information content (AvgIpc) is 3.16. The molecule has 0 aliphatic carbocycles. The second kappa shape index (κ2) is 6.51. The van der Waals surface area contributed by atoms with Crippen LogP contribution in [0.5, 0.6) is 0 Å². The van der Waals surface area contributed by atoms with E-state index in [4.69, 9.17) is 4.98 Å². The third-order valence-corrected chi connectivity index (χ3v) is 5.36. The Morgan fingerprint density at radius 3 is 2.32 bits per heavy atom. The second-order valence-electron chi connectivity index (χ2n) is 7.81. The predicted octanol–water partition coefficient (Wildman–Crippen LogP) is 2.47. The molecule has 0 saturated heterocycles. The van der Waals surface area contributed by atoms with Crippen LogP contribution in [0.4, 0.5) is 0 Å². The summed E-state index contributed by atoms with van der Waals surface area (Å²) in [4.78, 5) is 30.7. The highest BCUT2D eigenvalue weighted by Gasteiger charge is 2.22. The predicted molar refractivity (Wildman–Crippen MR) is 110 cm³/mol. The number of nitrogens with zero attached hydrogens (tertiary/aromatic N) is 5. The van der Waals surface area contributed by atoms with Gasteiger partial charge in [0.25, 0.3) is 5.56 Å². The van der Waals surface area contributed by atoms with Crippen molar-refractivity contribution in [2.45, 2.75) is 40.8 Å². The maximum atomic E-state index is 13.2. The Bertz CT molecular complexity index is 1300. The molecule has 0 saturated carbocycles. The Hall–Kier alpha value is -3.09. The smallest absolute Gasteiger partial charge is 0.309 e. The monoisotopic (exact) mass is 379 g/mol. The zero-order valence-electron chi connectivity index (χ0n) is 16.9. The van der Waals surface area contributed by atoms with Crippen molar-refractivity contribution in [1.82, 2.24) is 23.1 Å². The van der Waals surface area contributed by atoms with E-state index in [2.05, 4.69) is 16.7 Å². The highest BCUT2D eigenvalue weighted by molar-refractivity contribution is 5.76. The maximum absolute atomic E-state index is 13.2. The topological polar surface area (TPSA) is 66.2 Å². The van der Waals surface area contributed by atoms with Gasteiger partial charge in [0.05, 0.1) is 6.54 Å². The molecule has 0 aliphatic heterocycles. The minimum Gasteiger partial charge on any atom is -0.309 e. The number of aryl methyl sites for hydroxylation is 2. The van der Waals surface area contributed by atoms with Crippen LogP contribution >= 0.6 is 0 Å². The van der Waals surface area contributed by atoms with E-state index in [1.165, 1.54) is 9.13 Å². The van der Waals surface area contributed by atoms with Crippen LogP contribution in [0.3, 0.4) is 0 Å². The lowest BCUT2D eigenvalue weighted by Gasteiger charge is -2.10. The van der Waals surface area contributed by atoms with Gasteiger partial charge in [0, 0.05) is 25.0 Å². The molecular formula is C21H25N5O2. The van der Waals surface area contributed by atoms with E-state index in [9.17, 15) is 9.59 Å². The number of benzene rings is 1. The van der Waals surface area contributed by atoms with Crippen molar-refractivity contribution >= 4 is 16.9 Å². The van der Waals surface area contributed by atoms with Crippen molar-refractivity contribution < 1.29 is 0 Å². The Kier molecular flexibility index (Phi) is 4.25. The average molecular weight is 379 g/mol. The molecule has 0 bridgehead atoms. The van der Waals surface area contributed by atoms with Crippen molar-refractivity contribution in [3.63, 3.8) is 0 Å². The van der Waals surface area contributed by atoms with E-state index in [-0.39, 0.29) is 17.2 Å². The van der Waals surface area contributed by atoms with Crippen LogP contribution in [-0.4, -0.2) is 23.1 Å². The number of hydrogen-bond acceptors (Lipinski definition) is 3. The van der Waals surface area contributed by atoms with Gasteiger partial charge in [-0.05, 0) is 25.3 Å². The summed E-state index contributed by atoms with van der Waals surface area (Å²) in [5.74, 6) is 0.875. The van der Waals surface area contributed by atoms with Crippen LogP contribution in [0, 0.1) is 19.8 Å². The molecule has 0 radical (unpaired) electrons. The summed E-state index contributed by atoms with van der Waals surface area (Å²) in [6.07, 6.45) is 0. The van der Waals surface area contributed by atoms with Crippen molar-refractivity contribution in [3.05, 3.63) is 68.1 Å². The first-order valence-corrected chi connectivity index (χ1v) is 9.52. The van der Waals surface area contributed by atoms with Gasteiger partial charge in [-0.1, -0.05) is 44.2 Å². The van der Waals surface area contributed by atoms with Crippen LogP contribution < -0.4 is 11.2 Å². The quantitative estimate of drug-likeness (QED) is 0.547. The lowest BCUT2D eigenvalue weighted by molar-refractivity contribution is 0.484. The number of imidazole rings is 2. The molecule has 3 aromatic heterocycles. The summed E-state index contributed by atoms with van der Waals surface area (Å²) >= 11 is 0. The molecular weight excluding hydrogens is 354 g/mol. The number of hydrogen-bond donors (Lipinski definition) is 0. The van der Waals surface area contributed by atoms with Gasteiger partial charge in [0.15, 0.2) is 11.2 Å². The third kappa shape index (κ3) is 2.61. The standard InChI is InChI=1S/C21H25N5O2/c1-13(2)11-25-19(27)17-18(23(5)21(25)28)22-20-24(14(3)15(4)26(17)20)12-16-9-7-6-8-10-16/h6-10,13H,11-12H2,1-5H3. The number of rotatable bonds is 4. The van der Waals surface area contributed by atoms with Crippen molar-refractivity contribution in [1.29, 1.82) is 0 Å². The summed E-state index contributed by atoms with van der Waals surface area (Å²) in [5, 5.41) is 0. The van der Waals surface area contributed by atoms with Gasteiger partial charge in [0.1, 0.15) is 0 Å². The van der Waals surface area contributed by atoms with Crippen molar-refractivity contribution in [2.24, 2.45) is 13.0 Å². The fraction of sp³-hybridized carbons (Fsp3) is 0.381. The molecule has 4 rings (SSSR count). The second-order valence-corrected chi connectivity index (χ2v) is 7.81. The fourth-order valence-electron chi connectivity index (χ4n) is 3.80. The van der Waals surface area contributed by atoms with Crippen LogP contribution in [0.25, 0.3) is 16.9 Å². The number of aromatic nitrogens is 5. The van der Waals surface area contributed by atoms with E-state index >= 15 is 0 Å². The van der Waals surface area contributed by atoms with E-state index in [1.807, 2.05) is 50.3 Å². The van der Waals surface area contributed by atoms with Crippen LogP contribution in [0.15, 0.2) is 39.9 Å². The molecule has 0 fully saturated rings. The van der Waals surface area contributed by atoms with Gasteiger partial charge in [-0.2, -0.15) is 4.98 Å². The van der Waals surface area contributed by atoms with E-state index in [0.29, 0.717) is 30.0 Å². The van der Waals surface area contributed by atoms with E-state index < -0.39 is 0 Å². The molecule has 0 spiro atoms. The molecule has 1 aromatic carbocycles. The SMILES string of the molecule is Cc1c(C)n2c3c(=O)n(CC(C)C)c(=O)n(C)c3nc2n1Cc1ccccc1. The first-order chi connectivity index (χ1) is 13.3. The molecule has 146 valence electrons. The number of fused-ring (bicyclic) bond motifs is 3. The molecule has 4 aromatic rings. The van der Waals surface area contributed by atoms with Gasteiger partial charge in [0.2, 0.25) is 5.78 Å². The summed E-state index contributed by atoms with van der Waals surface area (Å²) in [6.45, 7) is 9.05. The highest BCUT2D eigenvalue weighted by atomic mass is 16.2. The van der Waals surface area contributed by atoms with Crippen LogP contribution in [0.1, 0.15) is 30.8 Å². The first kappa shape index (κ1) is 18.3. The van der Waals surface area contributed by atoms with Gasteiger partial charge in [-0.15, -0.1) is 0 Å². The van der Waals surface area contributed by atoms with Gasteiger partial charge < -0.3 is 4.57 Å². The Morgan fingerprint density at radius 1 is 1.00 bits per heavy atom. The molecule has 0 unspecified atom stereocenters. The van der Waals surface area contributed by atoms with Crippen molar-refractivity contribution in [2.75, 3.05) is 0 Å². The summed E-state index contributed by atoms with van der Waals surface area (Å²) < 4.78 is 6.80. The van der Waals surface area contributed by atoms with Gasteiger partial charge in [-0.3, -0.25) is 18.3 Å². The van der Waals surface area contributed by atoms with Crippen molar-refractivity contribution in [3.8, 4) is 0 Å². The molecule has 7 nitrogen and oxygen atoms in total. The van der Waals surface area contributed by atoms with Gasteiger partial charge >= 0.3 is 5.69 Å². The minimum atomic E-state index is -0.323. The largest absolute Gasteiger partial charge is 0.332 e. The lowest BCUT2D eigenvalue weighted by atomic mass is 10.2. The molecule has 0 atom stereocenters. The maximum Gasteiger partial charge on any atom is 0.332 e. The zero-order chi connectivity index (χ0) is 20.2. The molecule has 3 heterocycles. The third-order valence-electron chi connectivity index (χ3n) is 5.36. The summed E-state index contributed by atoms with van der Waals surface area (Å²) in [6, 6.07) is 10.1. The molecule has 0 aliphatic rings. The van der Waals surface area contributed by atoms with Crippen LogP contribution in [0.2, 0.25) is 0 Å². The highest BCUT2D eigenvalue weighted by Crippen LogP contribution is 2.21. The van der Waals surface area contributed by atoms with Gasteiger partial charge in [-0.25, -0.2) is 4.79 Å².